The van der Waals surface area contributed by atoms with Crippen LogP contribution in [0, 0.1) is 11.8 Å². The number of hydrogen-bond acceptors (Lipinski definition) is 2. The van der Waals surface area contributed by atoms with Gasteiger partial charge in [0.25, 0.3) is 0 Å². The van der Waals surface area contributed by atoms with Gasteiger partial charge in [0.05, 0.1) is 5.92 Å². The van der Waals surface area contributed by atoms with Gasteiger partial charge >= 0.3 is 5.97 Å². The van der Waals surface area contributed by atoms with Crippen molar-refractivity contribution < 1.29 is 14.7 Å². The van der Waals surface area contributed by atoms with E-state index in [4.69, 9.17) is 5.11 Å². The normalized spacial score (nSPS) is 14.9. The lowest BCUT2D eigenvalue weighted by molar-refractivity contribution is -0.142. The van der Waals surface area contributed by atoms with Gasteiger partial charge in [-0.1, -0.05) is 28.2 Å². The highest BCUT2D eigenvalue weighted by molar-refractivity contribution is 5.70. The number of carboxylic acid groups (broad SMARTS) is 1. The number of hydrogen-bond donors (Lipinski definition) is 1. The number of rotatable bonds is 6. The summed E-state index contributed by atoms with van der Waals surface area (Å²) in [5, 5.41) is 8.63. The third-order valence-corrected chi connectivity index (χ3v) is 2.27. The molecule has 1 fully saturated rings. The highest BCUT2D eigenvalue weighted by atomic mass is 16.4. The van der Waals surface area contributed by atoms with E-state index in [-0.39, 0.29) is 7.43 Å². The van der Waals surface area contributed by atoms with Gasteiger partial charge in [-0.15, -0.1) is 0 Å². The summed E-state index contributed by atoms with van der Waals surface area (Å²) in [5.74, 6) is -0.696. The minimum Gasteiger partial charge on any atom is -0.481 e. The quantitative estimate of drug-likeness (QED) is 0.713. The van der Waals surface area contributed by atoms with Crippen LogP contribution in [0.25, 0.3) is 0 Å². The fourth-order valence-electron chi connectivity index (χ4n) is 1.22. The van der Waals surface area contributed by atoms with E-state index in [1.54, 1.807) is 11.8 Å². The molecule has 0 spiro atoms. The number of aliphatic carboxylic acids is 1. The third kappa shape index (κ3) is 7.26. The van der Waals surface area contributed by atoms with Gasteiger partial charge in [-0.05, 0) is 18.8 Å². The SMILES string of the molecule is C.CC.CC(CN(C=O)CC1CC1)C(=O)O. The molecule has 1 aliphatic rings. The summed E-state index contributed by atoms with van der Waals surface area (Å²) >= 11 is 0. The van der Waals surface area contributed by atoms with E-state index in [1.165, 1.54) is 12.8 Å². The van der Waals surface area contributed by atoms with Crippen molar-refractivity contribution in [1.82, 2.24) is 4.90 Å². The number of carbonyl (C=O) groups excluding carboxylic acids is 1. The molecule has 96 valence electrons. The van der Waals surface area contributed by atoms with Gasteiger partial charge in [-0.2, -0.15) is 0 Å². The number of nitrogens with zero attached hydrogens (tertiary/aromatic N) is 1. The van der Waals surface area contributed by atoms with Gasteiger partial charge in [-0.25, -0.2) is 0 Å². The molecule has 0 aliphatic heterocycles. The van der Waals surface area contributed by atoms with Crippen LogP contribution in [0.1, 0.15) is 41.0 Å². The first-order chi connectivity index (χ1) is 7.13. The second-order valence-corrected chi connectivity index (χ2v) is 3.74. The molecule has 0 bridgehead atoms. The largest absolute Gasteiger partial charge is 0.481 e. The molecule has 16 heavy (non-hydrogen) atoms. The Morgan fingerprint density at radius 2 is 2.00 bits per heavy atom. The zero-order valence-corrected chi connectivity index (χ0v) is 9.77. The van der Waals surface area contributed by atoms with Crippen molar-refractivity contribution in [3.05, 3.63) is 0 Å². The molecule has 1 atom stereocenters. The Balaban J connectivity index is 0. The van der Waals surface area contributed by atoms with Crippen LogP contribution in [0.4, 0.5) is 0 Å². The Labute approximate surface area is 98.6 Å². The highest BCUT2D eigenvalue weighted by Gasteiger charge is 2.25. The maximum Gasteiger partial charge on any atom is 0.308 e. The van der Waals surface area contributed by atoms with Crippen molar-refractivity contribution in [2.24, 2.45) is 11.8 Å². The molecule has 0 aromatic heterocycles. The van der Waals surface area contributed by atoms with Gasteiger partial charge < -0.3 is 10.0 Å². The van der Waals surface area contributed by atoms with Crippen molar-refractivity contribution >= 4 is 12.4 Å². The second-order valence-electron chi connectivity index (χ2n) is 3.74. The Morgan fingerprint density at radius 1 is 1.50 bits per heavy atom. The average Bonchev–Trinajstić information content (AvgIpc) is 3.03. The van der Waals surface area contributed by atoms with Gasteiger partial charge in [0.1, 0.15) is 0 Å². The van der Waals surface area contributed by atoms with Gasteiger partial charge in [0.15, 0.2) is 0 Å². The molecule has 1 unspecified atom stereocenters. The molecule has 1 aliphatic carbocycles. The second kappa shape index (κ2) is 9.19. The first-order valence-corrected chi connectivity index (χ1v) is 5.55. The van der Waals surface area contributed by atoms with Crippen LogP contribution in [-0.4, -0.2) is 35.5 Å². The number of amides is 1. The van der Waals surface area contributed by atoms with E-state index in [1.807, 2.05) is 13.8 Å². The van der Waals surface area contributed by atoms with Gasteiger partial charge in [0.2, 0.25) is 6.41 Å². The van der Waals surface area contributed by atoms with Crippen molar-refractivity contribution in [3.63, 3.8) is 0 Å². The molecular formula is C12H25NO3. The average molecular weight is 231 g/mol. The topological polar surface area (TPSA) is 57.6 Å². The van der Waals surface area contributed by atoms with Gasteiger partial charge in [-0.3, -0.25) is 9.59 Å². The van der Waals surface area contributed by atoms with E-state index in [0.717, 1.165) is 13.0 Å². The molecule has 1 rings (SSSR count). The fourth-order valence-corrected chi connectivity index (χ4v) is 1.22. The Hall–Kier alpha value is -1.06. The van der Waals surface area contributed by atoms with Crippen molar-refractivity contribution in [2.75, 3.05) is 13.1 Å². The minimum absolute atomic E-state index is 0. The van der Waals surface area contributed by atoms with Crippen LogP contribution < -0.4 is 0 Å². The molecule has 4 nitrogen and oxygen atoms in total. The zero-order chi connectivity index (χ0) is 11.8. The molecule has 1 saturated carbocycles. The molecule has 4 heteroatoms. The predicted molar refractivity (Wildman–Crippen MR) is 65.2 cm³/mol. The number of carboxylic acids is 1. The van der Waals surface area contributed by atoms with Crippen LogP contribution in [-0.2, 0) is 9.59 Å². The highest BCUT2D eigenvalue weighted by Crippen LogP contribution is 2.29. The molecular weight excluding hydrogens is 206 g/mol. The summed E-state index contributed by atoms with van der Waals surface area (Å²) in [7, 11) is 0. The molecule has 0 aromatic carbocycles. The van der Waals surface area contributed by atoms with E-state index < -0.39 is 11.9 Å². The van der Waals surface area contributed by atoms with E-state index in [2.05, 4.69) is 0 Å². The first-order valence-electron chi connectivity index (χ1n) is 5.55. The summed E-state index contributed by atoms with van der Waals surface area (Å²) in [5.41, 5.74) is 0. The smallest absolute Gasteiger partial charge is 0.308 e. The Morgan fingerprint density at radius 3 is 2.31 bits per heavy atom. The van der Waals surface area contributed by atoms with Crippen LogP contribution in [0.15, 0.2) is 0 Å². The fraction of sp³-hybridized carbons (Fsp3) is 0.833. The summed E-state index contributed by atoms with van der Waals surface area (Å²) in [6.45, 7) is 6.67. The van der Waals surface area contributed by atoms with Crippen molar-refractivity contribution in [3.8, 4) is 0 Å². The molecule has 0 heterocycles. The van der Waals surface area contributed by atoms with E-state index in [9.17, 15) is 9.59 Å². The minimum atomic E-state index is -0.845. The molecule has 0 radical (unpaired) electrons. The molecule has 1 amide bonds. The summed E-state index contributed by atoms with van der Waals surface area (Å²) < 4.78 is 0. The monoisotopic (exact) mass is 231 g/mol. The third-order valence-electron chi connectivity index (χ3n) is 2.27. The Bertz CT molecular complexity index is 202. The number of carbonyl (C=O) groups is 2. The van der Waals surface area contributed by atoms with E-state index in [0.29, 0.717) is 12.5 Å². The van der Waals surface area contributed by atoms with Crippen molar-refractivity contribution in [1.29, 1.82) is 0 Å². The van der Waals surface area contributed by atoms with Crippen molar-refractivity contribution in [2.45, 2.75) is 41.0 Å². The lowest BCUT2D eigenvalue weighted by atomic mass is 10.2. The molecule has 0 saturated heterocycles. The predicted octanol–water partition coefficient (Wildman–Crippen LogP) is 2.24. The lowest BCUT2D eigenvalue weighted by Gasteiger charge is -2.18. The Kier molecular flexibility index (Phi) is 9.96. The zero-order valence-electron chi connectivity index (χ0n) is 9.77. The first kappa shape index (κ1) is 17.3. The van der Waals surface area contributed by atoms with Crippen LogP contribution >= 0.6 is 0 Å². The summed E-state index contributed by atoms with van der Waals surface area (Å²) in [6.07, 6.45) is 3.09. The van der Waals surface area contributed by atoms with Crippen LogP contribution in [0.3, 0.4) is 0 Å². The van der Waals surface area contributed by atoms with E-state index >= 15 is 0 Å². The summed E-state index contributed by atoms with van der Waals surface area (Å²) in [6, 6.07) is 0. The maximum atomic E-state index is 10.6. The van der Waals surface area contributed by atoms with Gasteiger partial charge in [0, 0.05) is 13.1 Å². The van der Waals surface area contributed by atoms with Crippen LogP contribution in [0.2, 0.25) is 0 Å². The molecule has 1 N–H and O–H groups in total. The lowest BCUT2D eigenvalue weighted by Crippen LogP contribution is -2.32. The standard InChI is InChI=1S/C9H15NO3.C2H6.CH4/c1-7(9(12)13)4-10(6-11)5-8-2-3-8;1-2;/h6-8H,2-5H2,1H3,(H,12,13);1-2H3;1H4. The van der Waals surface area contributed by atoms with Crippen LogP contribution in [0.5, 0.6) is 0 Å². The summed E-state index contributed by atoms with van der Waals surface area (Å²) in [4.78, 5) is 22.6. The maximum absolute atomic E-state index is 10.6. The molecule has 0 aromatic rings.